The lowest BCUT2D eigenvalue weighted by atomic mass is 9.97. The van der Waals surface area contributed by atoms with Gasteiger partial charge >= 0.3 is 0 Å². The molecule has 2 heterocycles. The first-order valence-corrected chi connectivity index (χ1v) is 6.67. The molecule has 0 amide bonds. The minimum atomic E-state index is -0.464. The average Bonchev–Trinajstić information content (AvgIpc) is 2.37. The summed E-state index contributed by atoms with van der Waals surface area (Å²) in [5.41, 5.74) is -0.0362. The molecule has 0 saturated carbocycles. The molecule has 19 heavy (non-hydrogen) atoms. The molecule has 0 aliphatic carbocycles. The number of rotatable bonds is 4. The summed E-state index contributed by atoms with van der Waals surface area (Å²) < 4.78 is 0. The van der Waals surface area contributed by atoms with Crippen LogP contribution in [0.2, 0.25) is 5.15 Å². The Kier molecular flexibility index (Phi) is 4.55. The topological polar surface area (TPSA) is 71.3 Å². The van der Waals surface area contributed by atoms with E-state index in [1.54, 1.807) is 0 Å². The summed E-state index contributed by atoms with van der Waals surface area (Å²) in [5, 5.41) is 14.0. The molecule has 7 heteroatoms. The summed E-state index contributed by atoms with van der Waals surface area (Å²) in [6.45, 7) is 2.96. The van der Waals surface area contributed by atoms with Gasteiger partial charge in [0.25, 0.3) is 5.69 Å². The highest BCUT2D eigenvalue weighted by Gasteiger charge is 2.17. The largest absolute Gasteiger partial charge is 0.370 e. The zero-order valence-electron chi connectivity index (χ0n) is 10.8. The van der Waals surface area contributed by atoms with E-state index >= 15 is 0 Å². The monoisotopic (exact) mass is 284 g/mol. The Bertz CT molecular complexity index is 461. The van der Waals surface area contributed by atoms with Gasteiger partial charge in [0.15, 0.2) is 0 Å². The Hall–Kier alpha value is -1.40. The van der Waals surface area contributed by atoms with E-state index in [-0.39, 0.29) is 10.8 Å². The maximum absolute atomic E-state index is 10.7. The molecule has 1 N–H and O–H groups in total. The number of nitrogens with one attached hydrogen (secondary N) is 1. The Morgan fingerprint density at radius 1 is 1.53 bits per heavy atom. The molecule has 1 aromatic rings. The molecule has 2 rings (SSSR count). The molecule has 0 radical (unpaired) electrons. The van der Waals surface area contributed by atoms with E-state index in [1.807, 2.05) is 0 Å². The van der Waals surface area contributed by atoms with Gasteiger partial charge in [0, 0.05) is 6.54 Å². The number of hydrogen-bond acceptors (Lipinski definition) is 5. The van der Waals surface area contributed by atoms with Gasteiger partial charge in [-0.05, 0) is 38.9 Å². The van der Waals surface area contributed by atoms with Crippen molar-refractivity contribution in [2.45, 2.75) is 12.8 Å². The van der Waals surface area contributed by atoms with E-state index < -0.39 is 4.92 Å². The van der Waals surface area contributed by atoms with Gasteiger partial charge < -0.3 is 10.2 Å². The summed E-state index contributed by atoms with van der Waals surface area (Å²) >= 11 is 5.77. The molecule has 1 aromatic heterocycles. The molecule has 0 bridgehead atoms. The number of nitrogens with zero attached hydrogens (tertiary/aromatic N) is 3. The van der Waals surface area contributed by atoms with Crippen LogP contribution >= 0.6 is 11.6 Å². The van der Waals surface area contributed by atoms with Crippen LogP contribution in [0.1, 0.15) is 12.8 Å². The van der Waals surface area contributed by atoms with Crippen LogP contribution in [0.25, 0.3) is 0 Å². The number of anilines is 1. The summed E-state index contributed by atoms with van der Waals surface area (Å²) in [5.74, 6) is 1.05. The Balaban J connectivity index is 1.94. The van der Waals surface area contributed by atoms with Crippen molar-refractivity contribution in [1.29, 1.82) is 0 Å². The lowest BCUT2D eigenvalue weighted by molar-refractivity contribution is -0.384. The Morgan fingerprint density at radius 3 is 2.84 bits per heavy atom. The predicted octanol–water partition coefficient (Wildman–Crippen LogP) is 2.40. The number of pyridine rings is 1. The van der Waals surface area contributed by atoms with E-state index in [9.17, 15) is 10.1 Å². The smallest absolute Gasteiger partial charge is 0.276 e. The van der Waals surface area contributed by atoms with Gasteiger partial charge in [-0.25, -0.2) is 4.98 Å². The second-order valence-corrected chi connectivity index (χ2v) is 5.31. The van der Waals surface area contributed by atoms with Crippen molar-refractivity contribution in [3.63, 3.8) is 0 Å². The van der Waals surface area contributed by atoms with E-state index in [1.165, 1.54) is 12.1 Å². The zero-order chi connectivity index (χ0) is 13.8. The minimum absolute atomic E-state index is 0.0362. The van der Waals surface area contributed by atoms with Crippen molar-refractivity contribution in [2.24, 2.45) is 5.92 Å². The molecule has 0 unspecified atom stereocenters. The van der Waals surface area contributed by atoms with Crippen LogP contribution in [-0.4, -0.2) is 41.5 Å². The van der Waals surface area contributed by atoms with Gasteiger partial charge in [-0.1, -0.05) is 11.6 Å². The SMILES string of the molecule is CN1CCC(CNc2cc([N+](=O)[O-])cc(Cl)n2)CC1. The molecule has 0 atom stereocenters. The van der Waals surface area contributed by atoms with Crippen molar-refractivity contribution < 1.29 is 4.92 Å². The van der Waals surface area contributed by atoms with E-state index in [4.69, 9.17) is 11.6 Å². The molecule has 104 valence electrons. The summed E-state index contributed by atoms with van der Waals surface area (Å²) in [6.07, 6.45) is 2.26. The summed E-state index contributed by atoms with van der Waals surface area (Å²) in [7, 11) is 2.12. The number of piperidine rings is 1. The first kappa shape index (κ1) is 14.0. The van der Waals surface area contributed by atoms with Crippen LogP contribution in [0.3, 0.4) is 0 Å². The average molecular weight is 285 g/mol. The Morgan fingerprint density at radius 2 is 2.21 bits per heavy atom. The first-order chi connectivity index (χ1) is 9.04. The molecular weight excluding hydrogens is 268 g/mol. The summed E-state index contributed by atoms with van der Waals surface area (Å²) in [4.78, 5) is 16.6. The molecular formula is C12H17ClN4O2. The van der Waals surface area contributed by atoms with Crippen molar-refractivity contribution >= 4 is 23.1 Å². The standard InChI is InChI=1S/C12H17ClN4O2/c1-16-4-2-9(3-5-16)8-14-12-7-10(17(18)19)6-11(13)15-12/h6-7,9H,2-5,8H2,1H3,(H,14,15). The maximum atomic E-state index is 10.7. The van der Waals surface area contributed by atoms with Gasteiger partial charge in [0.2, 0.25) is 0 Å². The van der Waals surface area contributed by atoms with Crippen LogP contribution < -0.4 is 5.32 Å². The number of hydrogen-bond donors (Lipinski definition) is 1. The van der Waals surface area contributed by atoms with Crippen molar-refractivity contribution in [3.8, 4) is 0 Å². The third-order valence-corrected chi connectivity index (χ3v) is 3.59. The highest BCUT2D eigenvalue weighted by molar-refractivity contribution is 6.29. The van der Waals surface area contributed by atoms with Crippen LogP contribution in [0.15, 0.2) is 12.1 Å². The van der Waals surface area contributed by atoms with Crippen LogP contribution in [0.5, 0.6) is 0 Å². The zero-order valence-corrected chi connectivity index (χ0v) is 11.6. The second kappa shape index (κ2) is 6.16. The molecule has 1 aliphatic rings. The number of nitro groups is 1. The predicted molar refractivity (Wildman–Crippen MR) is 74.6 cm³/mol. The van der Waals surface area contributed by atoms with Gasteiger partial charge in [0.1, 0.15) is 11.0 Å². The van der Waals surface area contributed by atoms with E-state index in [0.717, 1.165) is 32.5 Å². The lowest BCUT2D eigenvalue weighted by Gasteiger charge is -2.29. The Labute approximate surface area is 116 Å². The van der Waals surface area contributed by atoms with Gasteiger partial charge in [-0.3, -0.25) is 10.1 Å². The van der Waals surface area contributed by atoms with Gasteiger partial charge in [0.05, 0.1) is 17.1 Å². The van der Waals surface area contributed by atoms with Crippen LogP contribution in [0, 0.1) is 16.0 Å². The van der Waals surface area contributed by atoms with Crippen LogP contribution in [0.4, 0.5) is 11.5 Å². The molecule has 0 aromatic carbocycles. The molecule has 6 nitrogen and oxygen atoms in total. The fourth-order valence-electron chi connectivity index (χ4n) is 2.19. The quantitative estimate of drug-likeness (QED) is 0.522. The molecule has 1 fully saturated rings. The normalized spacial score (nSPS) is 17.4. The van der Waals surface area contributed by atoms with Crippen molar-refractivity contribution in [1.82, 2.24) is 9.88 Å². The number of aromatic nitrogens is 1. The first-order valence-electron chi connectivity index (χ1n) is 6.29. The van der Waals surface area contributed by atoms with E-state index in [0.29, 0.717) is 11.7 Å². The second-order valence-electron chi connectivity index (χ2n) is 4.92. The third-order valence-electron chi connectivity index (χ3n) is 3.40. The fraction of sp³-hybridized carbons (Fsp3) is 0.583. The maximum Gasteiger partial charge on any atom is 0.276 e. The van der Waals surface area contributed by atoms with E-state index in [2.05, 4.69) is 22.2 Å². The lowest BCUT2D eigenvalue weighted by Crippen LogP contribution is -2.33. The fourth-order valence-corrected chi connectivity index (χ4v) is 2.40. The van der Waals surface area contributed by atoms with Gasteiger partial charge in [-0.15, -0.1) is 0 Å². The van der Waals surface area contributed by atoms with Gasteiger partial charge in [-0.2, -0.15) is 0 Å². The minimum Gasteiger partial charge on any atom is -0.370 e. The number of likely N-dealkylation sites (tertiary alicyclic amines) is 1. The van der Waals surface area contributed by atoms with Crippen LogP contribution in [-0.2, 0) is 0 Å². The highest BCUT2D eigenvalue weighted by atomic mass is 35.5. The van der Waals surface area contributed by atoms with Crippen molar-refractivity contribution in [2.75, 3.05) is 32.0 Å². The summed E-state index contributed by atoms with van der Waals surface area (Å²) in [6, 6.07) is 2.67. The highest BCUT2D eigenvalue weighted by Crippen LogP contribution is 2.22. The third kappa shape index (κ3) is 4.04. The molecule has 0 spiro atoms. The molecule has 1 saturated heterocycles. The number of halogens is 1. The molecule has 1 aliphatic heterocycles. The van der Waals surface area contributed by atoms with Crippen molar-refractivity contribution in [3.05, 3.63) is 27.4 Å².